The van der Waals surface area contributed by atoms with Gasteiger partial charge in [-0.3, -0.25) is 4.79 Å². The largest absolute Gasteiger partial charge is 0.345 e. The Kier molecular flexibility index (Phi) is 4.11. The summed E-state index contributed by atoms with van der Waals surface area (Å²) in [6.07, 6.45) is 5.45. The number of nitrogens with one attached hydrogen (secondary N) is 1. The van der Waals surface area contributed by atoms with E-state index in [0.29, 0.717) is 18.7 Å². The van der Waals surface area contributed by atoms with Crippen molar-refractivity contribution in [2.45, 2.75) is 20.0 Å². The van der Waals surface area contributed by atoms with Crippen LogP contribution in [0.2, 0.25) is 0 Å². The van der Waals surface area contributed by atoms with E-state index in [1.165, 1.54) is 0 Å². The number of nitrogens with zero attached hydrogens (tertiary/aromatic N) is 2. The summed E-state index contributed by atoms with van der Waals surface area (Å²) >= 11 is 0. The zero-order chi connectivity index (χ0) is 16.2. The maximum Gasteiger partial charge on any atom is 0.251 e. The lowest BCUT2D eigenvalue weighted by atomic mass is 10.1. The molecule has 0 saturated heterocycles. The fourth-order valence-corrected chi connectivity index (χ4v) is 2.49. The van der Waals surface area contributed by atoms with Crippen LogP contribution in [0.1, 0.15) is 21.7 Å². The predicted octanol–water partition coefficient (Wildman–Crippen LogP) is 2.91. The molecule has 1 aromatic heterocycles. The summed E-state index contributed by atoms with van der Waals surface area (Å²) in [6.45, 7) is 2.75. The summed E-state index contributed by atoms with van der Waals surface area (Å²) in [6, 6.07) is 15.3. The van der Waals surface area contributed by atoms with Gasteiger partial charge < -0.3 is 9.88 Å². The smallest absolute Gasteiger partial charge is 0.251 e. The lowest BCUT2D eigenvalue weighted by molar-refractivity contribution is 0.0949. The minimum absolute atomic E-state index is 0.121. The van der Waals surface area contributed by atoms with Crippen molar-refractivity contribution in [1.29, 1.82) is 0 Å². The molecular formula is C19H17N3O. The van der Waals surface area contributed by atoms with Crippen LogP contribution in [-0.4, -0.2) is 15.5 Å². The van der Waals surface area contributed by atoms with Crippen LogP contribution in [-0.2, 0) is 13.1 Å². The van der Waals surface area contributed by atoms with Crippen LogP contribution in [0.25, 0.3) is 11.0 Å². The highest BCUT2D eigenvalue weighted by Crippen LogP contribution is 2.16. The first kappa shape index (κ1) is 14.9. The average molecular weight is 303 g/mol. The molecule has 0 aliphatic carbocycles. The molecule has 4 nitrogen and oxygen atoms in total. The SMILES string of the molecule is C#CCn1c(CNC(=O)c2ccc(C)cc2)nc2ccccc21. The number of aromatic nitrogens is 2. The first-order valence-corrected chi connectivity index (χ1v) is 7.41. The van der Waals surface area contributed by atoms with Crippen molar-refractivity contribution in [3.63, 3.8) is 0 Å². The van der Waals surface area contributed by atoms with Gasteiger partial charge in [0.1, 0.15) is 5.82 Å². The molecule has 0 saturated carbocycles. The minimum Gasteiger partial charge on any atom is -0.345 e. The van der Waals surface area contributed by atoms with Gasteiger partial charge in [-0.1, -0.05) is 35.7 Å². The molecule has 0 atom stereocenters. The molecule has 0 unspecified atom stereocenters. The van der Waals surface area contributed by atoms with Gasteiger partial charge in [0.15, 0.2) is 0 Å². The number of fused-ring (bicyclic) bond motifs is 1. The lowest BCUT2D eigenvalue weighted by Gasteiger charge is -2.07. The molecule has 0 aliphatic rings. The molecular weight excluding hydrogens is 286 g/mol. The van der Waals surface area contributed by atoms with Crippen molar-refractivity contribution in [3.05, 3.63) is 65.5 Å². The Morgan fingerprint density at radius 1 is 1.22 bits per heavy atom. The van der Waals surface area contributed by atoms with Crippen LogP contribution in [0.5, 0.6) is 0 Å². The molecule has 1 heterocycles. The van der Waals surface area contributed by atoms with E-state index >= 15 is 0 Å². The van der Waals surface area contributed by atoms with E-state index < -0.39 is 0 Å². The van der Waals surface area contributed by atoms with Gasteiger partial charge in [0.2, 0.25) is 0 Å². The van der Waals surface area contributed by atoms with Gasteiger partial charge in [0, 0.05) is 5.56 Å². The fraction of sp³-hybridized carbons (Fsp3) is 0.158. The molecule has 0 bridgehead atoms. The van der Waals surface area contributed by atoms with E-state index in [1.807, 2.05) is 60.0 Å². The molecule has 23 heavy (non-hydrogen) atoms. The molecule has 1 N–H and O–H groups in total. The van der Waals surface area contributed by atoms with Gasteiger partial charge in [0.05, 0.1) is 24.1 Å². The van der Waals surface area contributed by atoms with Crippen molar-refractivity contribution < 1.29 is 4.79 Å². The molecule has 0 fully saturated rings. The highest BCUT2D eigenvalue weighted by molar-refractivity contribution is 5.94. The molecule has 3 rings (SSSR count). The van der Waals surface area contributed by atoms with E-state index in [-0.39, 0.29) is 5.91 Å². The molecule has 0 spiro atoms. The average Bonchev–Trinajstić information content (AvgIpc) is 2.92. The Hall–Kier alpha value is -3.06. The molecule has 1 amide bonds. The zero-order valence-corrected chi connectivity index (χ0v) is 12.9. The number of benzene rings is 2. The number of amides is 1. The van der Waals surface area contributed by atoms with Crippen LogP contribution in [0.4, 0.5) is 0 Å². The summed E-state index contributed by atoms with van der Waals surface area (Å²) in [7, 11) is 0. The Bertz CT molecular complexity index is 885. The van der Waals surface area contributed by atoms with Gasteiger partial charge in [-0.2, -0.15) is 0 Å². The Labute approximate surface area is 135 Å². The third-order valence-electron chi connectivity index (χ3n) is 3.70. The highest BCUT2D eigenvalue weighted by atomic mass is 16.1. The molecule has 2 aromatic carbocycles. The number of hydrogen-bond donors (Lipinski definition) is 1. The number of para-hydroxylation sites is 2. The topological polar surface area (TPSA) is 46.9 Å². The van der Waals surface area contributed by atoms with Crippen LogP contribution < -0.4 is 5.32 Å². The molecule has 0 aliphatic heterocycles. The minimum atomic E-state index is -0.121. The Morgan fingerprint density at radius 2 is 1.96 bits per heavy atom. The van der Waals surface area contributed by atoms with Crippen molar-refractivity contribution in [3.8, 4) is 12.3 Å². The highest BCUT2D eigenvalue weighted by Gasteiger charge is 2.11. The Morgan fingerprint density at radius 3 is 2.70 bits per heavy atom. The lowest BCUT2D eigenvalue weighted by Crippen LogP contribution is -2.24. The second-order valence-electron chi connectivity index (χ2n) is 5.36. The normalized spacial score (nSPS) is 10.4. The van der Waals surface area contributed by atoms with Gasteiger partial charge in [-0.15, -0.1) is 6.42 Å². The monoisotopic (exact) mass is 303 g/mol. The van der Waals surface area contributed by atoms with Crippen LogP contribution in [0, 0.1) is 19.3 Å². The fourth-order valence-electron chi connectivity index (χ4n) is 2.49. The van der Waals surface area contributed by atoms with Crippen molar-refractivity contribution in [1.82, 2.24) is 14.9 Å². The van der Waals surface area contributed by atoms with Crippen molar-refractivity contribution >= 4 is 16.9 Å². The van der Waals surface area contributed by atoms with Crippen LogP contribution in [0.3, 0.4) is 0 Å². The number of terminal acetylenes is 1. The van der Waals surface area contributed by atoms with Gasteiger partial charge in [-0.25, -0.2) is 4.98 Å². The number of carbonyl (C=O) groups excluding carboxylic acids is 1. The summed E-state index contributed by atoms with van der Waals surface area (Å²) in [5.41, 5.74) is 3.61. The number of aryl methyl sites for hydroxylation is 1. The second-order valence-corrected chi connectivity index (χ2v) is 5.36. The van der Waals surface area contributed by atoms with Gasteiger partial charge in [0.25, 0.3) is 5.91 Å². The first-order chi connectivity index (χ1) is 11.2. The van der Waals surface area contributed by atoms with E-state index in [1.54, 1.807) is 0 Å². The standard InChI is InChI=1S/C19H17N3O/c1-3-12-22-17-7-5-4-6-16(17)21-18(22)13-20-19(23)15-10-8-14(2)9-11-15/h1,4-11H,12-13H2,2H3,(H,20,23). The molecule has 4 heteroatoms. The first-order valence-electron chi connectivity index (χ1n) is 7.41. The predicted molar refractivity (Wildman–Crippen MR) is 90.9 cm³/mol. The summed E-state index contributed by atoms with van der Waals surface area (Å²) in [5.74, 6) is 3.27. The molecule has 114 valence electrons. The van der Waals surface area contributed by atoms with Crippen LogP contribution in [0.15, 0.2) is 48.5 Å². The summed E-state index contributed by atoms with van der Waals surface area (Å²) in [4.78, 5) is 16.8. The number of rotatable bonds is 4. The summed E-state index contributed by atoms with van der Waals surface area (Å²) < 4.78 is 1.95. The third kappa shape index (κ3) is 3.09. The van der Waals surface area contributed by atoms with Crippen molar-refractivity contribution in [2.24, 2.45) is 0 Å². The number of hydrogen-bond acceptors (Lipinski definition) is 2. The quantitative estimate of drug-likeness (QED) is 0.753. The van der Waals surface area contributed by atoms with E-state index in [4.69, 9.17) is 6.42 Å². The van der Waals surface area contributed by atoms with E-state index in [0.717, 1.165) is 22.4 Å². The molecule has 0 radical (unpaired) electrons. The second kappa shape index (κ2) is 6.37. The zero-order valence-electron chi connectivity index (χ0n) is 12.9. The maximum absolute atomic E-state index is 12.2. The van der Waals surface area contributed by atoms with Crippen LogP contribution >= 0.6 is 0 Å². The van der Waals surface area contributed by atoms with Gasteiger partial charge in [-0.05, 0) is 31.2 Å². The van der Waals surface area contributed by atoms with Gasteiger partial charge >= 0.3 is 0 Å². The van der Waals surface area contributed by atoms with Crippen molar-refractivity contribution in [2.75, 3.05) is 0 Å². The molecule has 3 aromatic rings. The van der Waals surface area contributed by atoms with E-state index in [2.05, 4.69) is 16.2 Å². The maximum atomic E-state index is 12.2. The Balaban J connectivity index is 1.81. The number of carbonyl (C=O) groups is 1. The number of imidazole rings is 1. The third-order valence-corrected chi connectivity index (χ3v) is 3.70. The summed E-state index contributed by atoms with van der Waals surface area (Å²) in [5, 5.41) is 2.90. The van der Waals surface area contributed by atoms with E-state index in [9.17, 15) is 4.79 Å².